The lowest BCUT2D eigenvalue weighted by atomic mass is 10.1. The average Bonchev–Trinajstić information content (AvgIpc) is 1.88. The van der Waals surface area contributed by atoms with Gasteiger partial charge in [0.1, 0.15) is 0 Å². The zero-order valence-electron chi connectivity index (χ0n) is 6.72. The first kappa shape index (κ1) is 10.2. The lowest BCUT2D eigenvalue weighted by molar-refractivity contribution is 0.920. The number of rotatable bonds is 2. The van der Waals surface area contributed by atoms with E-state index in [2.05, 4.69) is 38.1 Å². The van der Waals surface area contributed by atoms with E-state index in [0.29, 0.717) is 0 Å². The van der Waals surface area contributed by atoms with Gasteiger partial charge in [-0.15, -0.1) is 0 Å². The molecule has 0 saturated carbocycles. The molecule has 0 bridgehead atoms. The summed E-state index contributed by atoms with van der Waals surface area (Å²) in [5.41, 5.74) is 2.83. The van der Waals surface area contributed by atoms with Gasteiger partial charge in [-0.3, -0.25) is 0 Å². The highest BCUT2D eigenvalue weighted by Crippen LogP contribution is 2.05. The Kier molecular flexibility index (Phi) is 4.60. The predicted molar refractivity (Wildman–Crippen MR) is 51.9 cm³/mol. The van der Waals surface area contributed by atoms with Crippen molar-refractivity contribution in [2.24, 2.45) is 0 Å². The Bertz CT molecular complexity index is 201. The molecule has 0 nitrogen and oxygen atoms in total. The smallest absolute Gasteiger partial charge is 0.0281 e. The van der Waals surface area contributed by atoms with E-state index in [4.69, 9.17) is 0 Å². The van der Waals surface area contributed by atoms with Crippen molar-refractivity contribution in [1.29, 1.82) is 0 Å². The maximum Gasteiger partial charge on any atom is -0.0281 e. The number of hydrogen-bond donors (Lipinski definition) is 0. The first-order valence-electron chi connectivity index (χ1n) is 3.88. The lowest BCUT2D eigenvalue weighted by Gasteiger charge is -1.97. The van der Waals surface area contributed by atoms with Crippen molar-refractivity contribution in [1.82, 2.24) is 0 Å². The molecule has 0 spiro atoms. The molecule has 0 N–H and O–H groups in total. The molecule has 0 aliphatic heterocycles. The fraction of sp³-hybridized carbons (Fsp3) is 0.455. The first-order chi connectivity index (χ1) is 4.83. The van der Waals surface area contributed by atoms with E-state index in [1.54, 1.807) is 0 Å². The Morgan fingerprint density at radius 3 is 2.55 bits per heavy atom. The van der Waals surface area contributed by atoms with E-state index in [1.807, 2.05) is 0 Å². The van der Waals surface area contributed by atoms with Crippen LogP contribution in [-0.4, -0.2) is 0 Å². The summed E-state index contributed by atoms with van der Waals surface area (Å²) >= 11 is 0. The Hall–Kier alpha value is -0.780. The highest BCUT2D eigenvalue weighted by molar-refractivity contribution is 5.21. The van der Waals surface area contributed by atoms with Gasteiger partial charge in [0.2, 0.25) is 0 Å². The Morgan fingerprint density at radius 1 is 1.27 bits per heavy atom. The summed E-state index contributed by atoms with van der Waals surface area (Å²) in [7, 11) is 0. The van der Waals surface area contributed by atoms with Gasteiger partial charge in [-0.2, -0.15) is 0 Å². The molecule has 0 unspecified atom stereocenters. The molecule has 0 heterocycles. The summed E-state index contributed by atoms with van der Waals surface area (Å²) in [5, 5.41) is 0. The maximum atomic E-state index is 2.25. The number of hydrogen-bond acceptors (Lipinski definition) is 0. The summed E-state index contributed by atoms with van der Waals surface area (Å²) in [4.78, 5) is 0. The van der Waals surface area contributed by atoms with Crippen molar-refractivity contribution in [3.8, 4) is 0 Å². The quantitative estimate of drug-likeness (QED) is 0.604. The minimum Gasteiger partial charge on any atom is -0.0776 e. The second-order valence-corrected chi connectivity index (χ2v) is 2.74. The van der Waals surface area contributed by atoms with Crippen molar-refractivity contribution in [2.75, 3.05) is 0 Å². The molecule has 1 aromatic carbocycles. The standard InChI is InChI=1S/C10H14.CH4/c1-3-5-10-7-4-6-9(2)8-10;/h4,6-8H,3,5H2,1-2H3;1H4. The van der Waals surface area contributed by atoms with Crippen LogP contribution in [0.5, 0.6) is 0 Å². The van der Waals surface area contributed by atoms with Gasteiger partial charge < -0.3 is 0 Å². The van der Waals surface area contributed by atoms with Crippen LogP contribution in [0.2, 0.25) is 0 Å². The topological polar surface area (TPSA) is 0 Å². The van der Waals surface area contributed by atoms with Crippen molar-refractivity contribution in [3.63, 3.8) is 0 Å². The second-order valence-electron chi connectivity index (χ2n) is 2.74. The van der Waals surface area contributed by atoms with Crippen LogP contribution in [0, 0.1) is 6.92 Å². The van der Waals surface area contributed by atoms with Crippen molar-refractivity contribution in [2.45, 2.75) is 34.1 Å². The summed E-state index contributed by atoms with van der Waals surface area (Å²) in [6.07, 6.45) is 2.45. The third-order valence-corrected chi connectivity index (χ3v) is 1.62. The minimum absolute atomic E-state index is 0. The molecule has 0 fully saturated rings. The maximum absolute atomic E-state index is 2.25. The monoisotopic (exact) mass is 150 g/mol. The van der Waals surface area contributed by atoms with E-state index in [0.717, 1.165) is 0 Å². The van der Waals surface area contributed by atoms with Crippen LogP contribution < -0.4 is 0 Å². The van der Waals surface area contributed by atoms with Gasteiger partial charge >= 0.3 is 0 Å². The van der Waals surface area contributed by atoms with Crippen molar-refractivity contribution < 1.29 is 0 Å². The lowest BCUT2D eigenvalue weighted by Crippen LogP contribution is -1.82. The Balaban J connectivity index is 0.000001000. The average molecular weight is 150 g/mol. The summed E-state index contributed by atoms with van der Waals surface area (Å²) in [5.74, 6) is 0. The zero-order valence-corrected chi connectivity index (χ0v) is 6.72. The summed E-state index contributed by atoms with van der Waals surface area (Å²) in [6, 6.07) is 8.71. The van der Waals surface area contributed by atoms with E-state index >= 15 is 0 Å². The SMILES string of the molecule is C.CCCc1cccc(C)c1. The van der Waals surface area contributed by atoms with Crippen LogP contribution >= 0.6 is 0 Å². The molecule has 0 aliphatic rings. The predicted octanol–water partition coefficient (Wildman–Crippen LogP) is 3.58. The molecule has 11 heavy (non-hydrogen) atoms. The summed E-state index contributed by atoms with van der Waals surface area (Å²) in [6.45, 7) is 4.35. The first-order valence-corrected chi connectivity index (χ1v) is 3.88. The van der Waals surface area contributed by atoms with Crippen LogP contribution in [-0.2, 0) is 6.42 Å². The summed E-state index contributed by atoms with van der Waals surface area (Å²) < 4.78 is 0. The van der Waals surface area contributed by atoms with E-state index in [9.17, 15) is 0 Å². The van der Waals surface area contributed by atoms with Gasteiger partial charge in [-0.05, 0) is 18.9 Å². The number of benzene rings is 1. The highest BCUT2D eigenvalue weighted by Gasteiger charge is 1.88. The molecule has 0 aliphatic carbocycles. The molecule has 1 aromatic rings. The second kappa shape index (κ2) is 4.95. The van der Waals surface area contributed by atoms with Gasteiger partial charge in [-0.25, -0.2) is 0 Å². The highest BCUT2D eigenvalue weighted by atomic mass is 13.9. The molecule has 0 amide bonds. The fourth-order valence-electron chi connectivity index (χ4n) is 1.16. The third-order valence-electron chi connectivity index (χ3n) is 1.62. The van der Waals surface area contributed by atoms with Gasteiger partial charge in [0, 0.05) is 0 Å². The van der Waals surface area contributed by atoms with Crippen LogP contribution in [0.25, 0.3) is 0 Å². The molecule has 0 radical (unpaired) electrons. The molecule has 0 saturated heterocycles. The third kappa shape index (κ3) is 3.22. The van der Waals surface area contributed by atoms with Gasteiger partial charge in [0.05, 0.1) is 0 Å². The van der Waals surface area contributed by atoms with Gasteiger partial charge in [0.25, 0.3) is 0 Å². The van der Waals surface area contributed by atoms with Crippen LogP contribution in [0.15, 0.2) is 24.3 Å². The minimum atomic E-state index is 0. The van der Waals surface area contributed by atoms with Crippen molar-refractivity contribution in [3.05, 3.63) is 35.4 Å². The number of aryl methyl sites for hydroxylation is 2. The zero-order chi connectivity index (χ0) is 7.40. The van der Waals surface area contributed by atoms with E-state index in [1.165, 1.54) is 24.0 Å². The molecule has 0 heteroatoms. The Morgan fingerprint density at radius 2 is 2.00 bits per heavy atom. The molecule has 62 valence electrons. The molecular formula is C11H18. The fourth-order valence-corrected chi connectivity index (χ4v) is 1.16. The normalized spacial score (nSPS) is 8.91. The van der Waals surface area contributed by atoms with Crippen molar-refractivity contribution >= 4 is 0 Å². The Labute approximate surface area is 70.3 Å². The van der Waals surface area contributed by atoms with Crippen LogP contribution in [0.1, 0.15) is 31.9 Å². The van der Waals surface area contributed by atoms with Gasteiger partial charge in [-0.1, -0.05) is 50.6 Å². The van der Waals surface area contributed by atoms with E-state index in [-0.39, 0.29) is 7.43 Å². The molecule has 0 aromatic heterocycles. The van der Waals surface area contributed by atoms with Gasteiger partial charge in [0.15, 0.2) is 0 Å². The molecular weight excluding hydrogens is 132 g/mol. The molecule has 0 atom stereocenters. The largest absolute Gasteiger partial charge is 0.0776 e. The van der Waals surface area contributed by atoms with Crippen LogP contribution in [0.4, 0.5) is 0 Å². The van der Waals surface area contributed by atoms with Crippen LogP contribution in [0.3, 0.4) is 0 Å². The van der Waals surface area contributed by atoms with E-state index < -0.39 is 0 Å². The molecule has 1 rings (SSSR count).